The third kappa shape index (κ3) is 3.09. The van der Waals surface area contributed by atoms with E-state index in [1.54, 1.807) is 11.3 Å². The molecule has 0 aliphatic carbocycles. The Balaban J connectivity index is 1.72. The summed E-state index contributed by atoms with van der Waals surface area (Å²) >= 11 is 1.68. The van der Waals surface area contributed by atoms with E-state index in [1.165, 1.54) is 4.88 Å². The molecular weight excluding hydrogens is 294 g/mol. The second kappa shape index (κ2) is 6.24. The first-order chi connectivity index (χ1) is 10.5. The van der Waals surface area contributed by atoms with Gasteiger partial charge >= 0.3 is 0 Å². The van der Waals surface area contributed by atoms with Crippen LogP contribution in [0.3, 0.4) is 0 Å². The average Bonchev–Trinajstić information content (AvgIpc) is 3.15. The number of aromatic nitrogens is 2. The molecule has 0 bridgehead atoms. The van der Waals surface area contributed by atoms with Gasteiger partial charge in [-0.25, -0.2) is 4.98 Å². The highest BCUT2D eigenvalue weighted by molar-refractivity contribution is 7.10. The predicted octanol–water partition coefficient (Wildman–Crippen LogP) is 3.92. The predicted molar refractivity (Wildman–Crippen MR) is 89.6 cm³/mol. The molecule has 0 spiro atoms. The lowest BCUT2D eigenvalue weighted by molar-refractivity contribution is 0.0705. The molecule has 1 unspecified atom stereocenters. The van der Waals surface area contributed by atoms with Gasteiger partial charge in [-0.15, -0.1) is 11.3 Å². The smallest absolute Gasteiger partial charge is 0.254 e. The molecule has 1 amide bonds. The van der Waals surface area contributed by atoms with Gasteiger partial charge in [0.05, 0.1) is 5.56 Å². The number of imidazole rings is 1. The molecule has 0 saturated carbocycles. The van der Waals surface area contributed by atoms with Gasteiger partial charge in [0.15, 0.2) is 0 Å². The lowest BCUT2D eigenvalue weighted by atomic mass is 9.97. The minimum atomic E-state index is 0.163. The monoisotopic (exact) mass is 317 g/mol. The zero-order chi connectivity index (χ0) is 15.7. The van der Waals surface area contributed by atoms with Crippen molar-refractivity contribution in [1.29, 1.82) is 0 Å². The van der Waals surface area contributed by atoms with Crippen LogP contribution in [-0.4, -0.2) is 33.9 Å². The van der Waals surface area contributed by atoms with E-state index in [0.29, 0.717) is 11.8 Å². The number of likely N-dealkylation sites (tertiary alicyclic amines) is 1. The van der Waals surface area contributed by atoms with Gasteiger partial charge in [-0.05, 0) is 31.7 Å². The second-order valence-corrected chi connectivity index (χ2v) is 7.38. The highest BCUT2D eigenvalue weighted by Gasteiger charge is 2.27. The number of carbonyl (C=O) groups is 1. The van der Waals surface area contributed by atoms with Crippen LogP contribution in [0.1, 0.15) is 65.3 Å². The van der Waals surface area contributed by atoms with Crippen molar-refractivity contribution < 1.29 is 4.79 Å². The van der Waals surface area contributed by atoms with Gasteiger partial charge in [-0.3, -0.25) is 4.79 Å². The molecule has 1 aliphatic rings. The maximum Gasteiger partial charge on any atom is 0.254 e. The number of hydrogen-bond acceptors (Lipinski definition) is 3. The Morgan fingerprint density at radius 2 is 2.32 bits per heavy atom. The molecule has 3 rings (SSSR count). The minimum absolute atomic E-state index is 0.163. The topological polar surface area (TPSA) is 49.0 Å². The van der Waals surface area contributed by atoms with Gasteiger partial charge in [0.1, 0.15) is 5.82 Å². The van der Waals surface area contributed by atoms with E-state index in [2.05, 4.69) is 29.9 Å². The molecule has 0 aromatic carbocycles. The fourth-order valence-electron chi connectivity index (χ4n) is 2.98. The third-order valence-corrected chi connectivity index (χ3v) is 5.49. The Morgan fingerprint density at radius 1 is 1.50 bits per heavy atom. The number of aromatic amines is 1. The maximum absolute atomic E-state index is 12.7. The molecule has 1 aliphatic heterocycles. The lowest BCUT2D eigenvalue weighted by Crippen LogP contribution is -2.39. The van der Waals surface area contributed by atoms with Gasteiger partial charge in [0.25, 0.3) is 5.91 Å². The number of carbonyl (C=O) groups excluding carboxylic acids is 1. The standard InChI is InChI=1S/C17H23N3OS/c1-11(2)15-7-14(10-22-15)17(21)20-6-4-5-13(9-20)16-18-8-12(3)19-16/h7-8,10-11,13H,4-6,9H2,1-3H3,(H,18,19). The van der Waals surface area contributed by atoms with Crippen LogP contribution >= 0.6 is 11.3 Å². The number of rotatable bonds is 3. The van der Waals surface area contributed by atoms with Crippen molar-refractivity contribution in [1.82, 2.24) is 14.9 Å². The largest absolute Gasteiger partial charge is 0.346 e. The van der Waals surface area contributed by atoms with Crippen molar-refractivity contribution in [3.8, 4) is 0 Å². The summed E-state index contributed by atoms with van der Waals surface area (Å²) in [5, 5.41) is 2.00. The quantitative estimate of drug-likeness (QED) is 0.932. The van der Waals surface area contributed by atoms with E-state index < -0.39 is 0 Å². The number of nitrogens with one attached hydrogen (secondary N) is 1. The van der Waals surface area contributed by atoms with E-state index in [9.17, 15) is 4.79 Å². The van der Waals surface area contributed by atoms with Crippen molar-refractivity contribution in [3.05, 3.63) is 39.6 Å². The fraction of sp³-hybridized carbons (Fsp3) is 0.529. The molecule has 118 valence electrons. The summed E-state index contributed by atoms with van der Waals surface area (Å²) in [6, 6.07) is 2.05. The Labute approximate surface area is 135 Å². The molecule has 1 atom stereocenters. The molecule has 22 heavy (non-hydrogen) atoms. The van der Waals surface area contributed by atoms with E-state index >= 15 is 0 Å². The second-order valence-electron chi connectivity index (χ2n) is 6.43. The van der Waals surface area contributed by atoms with Gasteiger partial charge in [0, 0.05) is 41.2 Å². The zero-order valence-corrected chi connectivity index (χ0v) is 14.2. The molecule has 4 nitrogen and oxygen atoms in total. The Kier molecular flexibility index (Phi) is 4.34. The normalized spacial score (nSPS) is 18.9. The van der Waals surface area contributed by atoms with Crippen LogP contribution in [0.2, 0.25) is 0 Å². The zero-order valence-electron chi connectivity index (χ0n) is 13.4. The maximum atomic E-state index is 12.7. The number of H-pyrrole nitrogens is 1. The lowest BCUT2D eigenvalue weighted by Gasteiger charge is -2.31. The van der Waals surface area contributed by atoms with Gasteiger partial charge in [-0.2, -0.15) is 0 Å². The molecule has 1 N–H and O–H groups in total. The molecule has 1 saturated heterocycles. The van der Waals surface area contributed by atoms with Crippen LogP contribution in [0.5, 0.6) is 0 Å². The Morgan fingerprint density at radius 3 is 2.95 bits per heavy atom. The molecule has 0 radical (unpaired) electrons. The Hall–Kier alpha value is -1.62. The summed E-state index contributed by atoms with van der Waals surface area (Å²) in [6.07, 6.45) is 4.00. The van der Waals surface area contributed by atoms with Crippen LogP contribution in [-0.2, 0) is 0 Å². The van der Waals surface area contributed by atoms with Crippen LogP contribution < -0.4 is 0 Å². The first-order valence-corrected chi connectivity index (χ1v) is 8.81. The van der Waals surface area contributed by atoms with E-state index in [4.69, 9.17) is 0 Å². The average molecular weight is 317 g/mol. The van der Waals surface area contributed by atoms with Crippen molar-refractivity contribution >= 4 is 17.2 Å². The number of amides is 1. The summed E-state index contributed by atoms with van der Waals surface area (Å²) in [4.78, 5) is 23.7. The van der Waals surface area contributed by atoms with E-state index in [1.807, 2.05) is 23.4 Å². The minimum Gasteiger partial charge on any atom is -0.346 e. The van der Waals surface area contributed by atoms with E-state index in [0.717, 1.165) is 43.0 Å². The highest BCUT2D eigenvalue weighted by atomic mass is 32.1. The number of piperidine rings is 1. The van der Waals surface area contributed by atoms with Gasteiger partial charge in [-0.1, -0.05) is 13.8 Å². The fourth-order valence-corrected chi connectivity index (χ4v) is 3.87. The van der Waals surface area contributed by atoms with Crippen molar-refractivity contribution in [2.45, 2.75) is 45.4 Å². The van der Waals surface area contributed by atoms with Crippen LogP contribution in [0.15, 0.2) is 17.6 Å². The van der Waals surface area contributed by atoms with Crippen LogP contribution in [0.4, 0.5) is 0 Å². The molecular formula is C17H23N3OS. The van der Waals surface area contributed by atoms with Crippen molar-refractivity contribution in [2.24, 2.45) is 0 Å². The summed E-state index contributed by atoms with van der Waals surface area (Å²) in [5.41, 5.74) is 1.92. The summed E-state index contributed by atoms with van der Waals surface area (Å²) < 4.78 is 0. The Bertz CT molecular complexity index is 658. The third-order valence-electron chi connectivity index (χ3n) is 4.25. The van der Waals surface area contributed by atoms with E-state index in [-0.39, 0.29) is 5.91 Å². The van der Waals surface area contributed by atoms with Crippen molar-refractivity contribution in [2.75, 3.05) is 13.1 Å². The summed E-state index contributed by atoms with van der Waals surface area (Å²) in [5.74, 6) is 1.99. The summed E-state index contributed by atoms with van der Waals surface area (Å²) in [6.45, 7) is 7.95. The first kappa shape index (κ1) is 15.3. The number of hydrogen-bond donors (Lipinski definition) is 1. The number of aryl methyl sites for hydroxylation is 1. The molecule has 2 aromatic rings. The molecule has 3 heterocycles. The number of nitrogens with zero attached hydrogens (tertiary/aromatic N) is 2. The van der Waals surface area contributed by atoms with Gasteiger partial charge < -0.3 is 9.88 Å². The molecule has 5 heteroatoms. The van der Waals surface area contributed by atoms with Crippen LogP contribution in [0, 0.1) is 6.92 Å². The SMILES string of the molecule is Cc1cnc(C2CCCN(C(=O)c3csc(C(C)C)c3)C2)[nH]1. The first-order valence-electron chi connectivity index (χ1n) is 7.94. The molecule has 1 fully saturated rings. The highest BCUT2D eigenvalue weighted by Crippen LogP contribution is 2.28. The molecule has 2 aromatic heterocycles. The van der Waals surface area contributed by atoms with Crippen molar-refractivity contribution in [3.63, 3.8) is 0 Å². The van der Waals surface area contributed by atoms with Crippen LogP contribution in [0.25, 0.3) is 0 Å². The van der Waals surface area contributed by atoms with Gasteiger partial charge in [0.2, 0.25) is 0 Å². The number of thiophene rings is 1. The summed E-state index contributed by atoms with van der Waals surface area (Å²) in [7, 11) is 0.